The normalized spacial score (nSPS) is 10.3. The van der Waals surface area contributed by atoms with E-state index in [4.69, 9.17) is 9.90 Å². The molecule has 13 heavy (non-hydrogen) atoms. The third-order valence-corrected chi connectivity index (χ3v) is 2.63. The number of carbonyl (C=O) groups excluding carboxylic acids is 1. The summed E-state index contributed by atoms with van der Waals surface area (Å²) in [7, 11) is 0. The second-order valence-corrected chi connectivity index (χ2v) is 4.53. The molecule has 0 atom stereocenters. The molecule has 0 N–H and O–H groups in total. The van der Waals surface area contributed by atoms with Crippen molar-refractivity contribution in [3.05, 3.63) is 0 Å². The maximum atomic E-state index is 10.5. The van der Waals surface area contributed by atoms with Crippen LogP contribution in [-0.4, -0.2) is 37.9 Å². The predicted octanol–water partition coefficient (Wildman–Crippen LogP) is 1.06. The summed E-state index contributed by atoms with van der Waals surface area (Å²) in [4.78, 5) is 8.78. The number of halogens is 3. The zero-order valence-corrected chi connectivity index (χ0v) is 11.8. The van der Waals surface area contributed by atoms with Gasteiger partial charge in [0.15, 0.2) is 0 Å². The summed E-state index contributed by atoms with van der Waals surface area (Å²) in [5.41, 5.74) is 0. The molecule has 0 fully saturated rings. The van der Waals surface area contributed by atoms with Crippen LogP contribution in [0.2, 0.25) is 3.98 Å². The molecule has 75 valence electrons. The molecule has 0 aromatic rings. The summed E-state index contributed by atoms with van der Waals surface area (Å²) < 4.78 is 33.1. The fraction of sp³-hybridized carbons (Fsp3) is 0.857. The standard InChI is InChI=1S/C5H11.C2HF3O2.Tl/c1-3-5-4-2;3-2(4,5)1(6)7;/h1,3-5H2,2H3;(H,6,7);/q;;+1/p-1. The maximum absolute atomic E-state index is 10.5. The van der Waals surface area contributed by atoms with Gasteiger partial charge in [-0.2, -0.15) is 13.2 Å². The van der Waals surface area contributed by atoms with Gasteiger partial charge in [0.25, 0.3) is 0 Å². The van der Waals surface area contributed by atoms with Crippen LogP contribution in [0, 0.1) is 0 Å². The minimum absolute atomic E-state index is 1.24. The van der Waals surface area contributed by atoms with Gasteiger partial charge in [-0.15, -0.1) is 0 Å². The number of rotatable bonds is 3. The molecule has 0 saturated heterocycles. The molecule has 0 radical (unpaired) electrons. The number of carboxylic acid groups (broad SMARTS) is 1. The molecule has 0 unspecified atom stereocenters. The second kappa shape index (κ2) is 8.77. The Hall–Kier alpha value is 0.182. The quantitative estimate of drug-likeness (QED) is 0.536. The van der Waals surface area contributed by atoms with Crippen molar-refractivity contribution in [1.82, 2.24) is 0 Å². The van der Waals surface area contributed by atoms with Gasteiger partial charge < -0.3 is 9.90 Å². The van der Waals surface area contributed by atoms with E-state index in [0.717, 1.165) is 0 Å². The van der Waals surface area contributed by atoms with Crippen LogP contribution < -0.4 is 5.11 Å². The van der Waals surface area contributed by atoms with Crippen LogP contribution in [0.25, 0.3) is 0 Å². The molecule has 0 aromatic heterocycles. The molecular formula is C7H11F3O2Tl. The van der Waals surface area contributed by atoms with Gasteiger partial charge in [-0.3, -0.25) is 0 Å². The summed E-state index contributed by atoms with van der Waals surface area (Å²) >= 11 is 1.24. The summed E-state index contributed by atoms with van der Waals surface area (Å²) in [5, 5.41) is 8.78. The van der Waals surface area contributed by atoms with Crippen LogP contribution in [0.15, 0.2) is 0 Å². The predicted molar refractivity (Wildman–Crippen MR) is 41.1 cm³/mol. The van der Waals surface area contributed by atoms with Crippen molar-refractivity contribution in [3.8, 4) is 0 Å². The molecule has 0 aliphatic rings. The third-order valence-electron chi connectivity index (χ3n) is 1.04. The molecule has 0 saturated carbocycles. The molecule has 0 heterocycles. The summed E-state index contributed by atoms with van der Waals surface area (Å²) in [5.74, 6) is -3.01. The van der Waals surface area contributed by atoms with E-state index in [1.807, 2.05) is 0 Å². The average molecular weight is 389 g/mol. The minimum atomic E-state index is -5.19. The monoisotopic (exact) mass is 389 g/mol. The van der Waals surface area contributed by atoms with Gasteiger partial charge in [0.2, 0.25) is 0 Å². The Balaban J connectivity index is 0. The zero-order chi connectivity index (χ0) is 10.9. The first-order valence-electron chi connectivity index (χ1n) is 3.84. The fourth-order valence-corrected chi connectivity index (χ4v) is 1.52. The van der Waals surface area contributed by atoms with Crippen molar-refractivity contribution < 1.29 is 23.1 Å². The van der Waals surface area contributed by atoms with Gasteiger partial charge in [0.1, 0.15) is 5.97 Å². The second-order valence-electron chi connectivity index (χ2n) is 2.28. The Labute approximate surface area is 91.2 Å². The maximum Gasteiger partial charge on any atom is 0.430 e. The number of unbranched alkanes of at least 4 members (excludes halogenated alkanes) is 2. The molecular weight excluding hydrogens is 377 g/mol. The molecule has 6 heteroatoms. The van der Waals surface area contributed by atoms with E-state index in [1.165, 1.54) is 49.0 Å². The van der Waals surface area contributed by atoms with Gasteiger partial charge in [-0.25, -0.2) is 0 Å². The van der Waals surface area contributed by atoms with E-state index >= 15 is 0 Å². The van der Waals surface area contributed by atoms with Crippen molar-refractivity contribution in [2.24, 2.45) is 0 Å². The Morgan fingerprint density at radius 2 is 1.77 bits per heavy atom. The van der Waals surface area contributed by atoms with Crippen molar-refractivity contribution >= 4 is 31.7 Å². The van der Waals surface area contributed by atoms with E-state index < -0.39 is 12.1 Å². The number of hydrogen-bond acceptors (Lipinski definition) is 2. The molecule has 0 rings (SSSR count). The summed E-state index contributed by atoms with van der Waals surface area (Å²) in [6.07, 6.45) is -0.871. The molecule has 0 aliphatic heterocycles. The van der Waals surface area contributed by atoms with Crippen LogP contribution >= 0.6 is 0 Å². The molecule has 0 bridgehead atoms. The molecule has 2 nitrogen and oxygen atoms in total. The third kappa shape index (κ3) is 15.0. The van der Waals surface area contributed by atoms with E-state index in [9.17, 15) is 13.2 Å². The van der Waals surface area contributed by atoms with Gasteiger partial charge in [0, 0.05) is 0 Å². The first kappa shape index (κ1) is 15.6. The smallest absolute Gasteiger partial charge is 0.430 e. The van der Waals surface area contributed by atoms with Gasteiger partial charge in [0.05, 0.1) is 0 Å². The Kier molecular flexibility index (Phi) is 10.5. The van der Waals surface area contributed by atoms with Crippen LogP contribution in [0.1, 0.15) is 26.2 Å². The number of hydrogen-bond donors (Lipinski definition) is 0. The number of carboxylic acids is 1. The SMILES string of the molecule is CCCC[CH2][Tl+].O=C([O-])C(F)(F)F. The Bertz CT molecular complexity index is 132. The number of carbonyl (C=O) groups is 1. The van der Waals surface area contributed by atoms with Crippen LogP contribution in [-0.2, 0) is 4.79 Å². The van der Waals surface area contributed by atoms with Crippen LogP contribution in [0.4, 0.5) is 13.2 Å². The first-order chi connectivity index (χ1) is 5.86. The van der Waals surface area contributed by atoms with Crippen LogP contribution in [0.3, 0.4) is 0 Å². The van der Waals surface area contributed by atoms with E-state index in [1.54, 1.807) is 0 Å². The van der Waals surface area contributed by atoms with Crippen molar-refractivity contribution in [2.45, 2.75) is 36.3 Å². The summed E-state index contributed by atoms with van der Waals surface area (Å²) in [6, 6.07) is 0. The van der Waals surface area contributed by atoms with Crippen molar-refractivity contribution in [3.63, 3.8) is 0 Å². The Morgan fingerprint density at radius 3 is 1.85 bits per heavy atom. The fourth-order valence-electron chi connectivity index (χ4n) is 0.394. The van der Waals surface area contributed by atoms with Gasteiger partial charge in [-0.1, -0.05) is 0 Å². The van der Waals surface area contributed by atoms with Gasteiger partial charge in [-0.05, 0) is 0 Å². The molecule has 0 spiro atoms. The zero-order valence-electron chi connectivity index (χ0n) is 7.36. The van der Waals surface area contributed by atoms with Gasteiger partial charge >= 0.3 is 62.1 Å². The average Bonchev–Trinajstić information content (AvgIpc) is 2.00. The minimum Gasteiger partial charge on any atom is -0.542 e. The largest absolute Gasteiger partial charge is 0.542 e. The first-order valence-corrected chi connectivity index (χ1v) is 7.01. The molecule has 0 aromatic carbocycles. The summed E-state index contributed by atoms with van der Waals surface area (Å²) in [6.45, 7) is 2.25. The van der Waals surface area contributed by atoms with Crippen LogP contribution in [0.5, 0.6) is 0 Å². The molecule has 0 aliphatic carbocycles. The van der Waals surface area contributed by atoms with Crippen molar-refractivity contribution in [1.29, 1.82) is 0 Å². The number of alkyl halides is 3. The number of aliphatic carboxylic acids is 1. The topological polar surface area (TPSA) is 40.1 Å². The molecule has 0 amide bonds. The van der Waals surface area contributed by atoms with E-state index in [-0.39, 0.29) is 0 Å². The van der Waals surface area contributed by atoms with E-state index in [0.29, 0.717) is 0 Å². The van der Waals surface area contributed by atoms with E-state index in [2.05, 4.69) is 6.92 Å². The van der Waals surface area contributed by atoms with Crippen molar-refractivity contribution in [2.75, 3.05) is 0 Å². The Morgan fingerprint density at radius 1 is 1.38 bits per heavy atom.